The predicted molar refractivity (Wildman–Crippen MR) is 69.2 cm³/mol. The van der Waals surface area contributed by atoms with Crippen molar-refractivity contribution in [2.45, 2.75) is 19.4 Å². The Morgan fingerprint density at radius 1 is 1.31 bits per heavy atom. The molecule has 0 aliphatic carbocycles. The fraction of sp³-hybridized carbons (Fsp3) is 0.231. The highest BCUT2D eigenvalue weighted by Crippen LogP contribution is 2.27. The van der Waals surface area contributed by atoms with E-state index in [0.29, 0.717) is 6.42 Å². The lowest BCUT2D eigenvalue weighted by Gasteiger charge is -2.11. The molecule has 1 nitrogen and oxygen atoms in total. The number of aliphatic hydroxyl groups is 1. The van der Waals surface area contributed by atoms with Gasteiger partial charge in [-0.15, -0.1) is 0 Å². The maximum atomic E-state index is 10.1. The zero-order valence-corrected chi connectivity index (χ0v) is 10.6. The van der Waals surface area contributed by atoms with Crippen molar-refractivity contribution in [1.29, 1.82) is 0 Å². The number of benzene rings is 1. The third kappa shape index (κ3) is 2.46. The molecule has 0 bridgehead atoms. The Morgan fingerprint density at radius 2 is 2.06 bits per heavy atom. The number of hydrogen-bond acceptors (Lipinski definition) is 2. The van der Waals surface area contributed by atoms with Crippen LogP contribution < -0.4 is 0 Å². The van der Waals surface area contributed by atoms with Gasteiger partial charge in [0.15, 0.2) is 0 Å². The molecule has 2 rings (SSSR count). The third-order valence-electron chi connectivity index (χ3n) is 2.63. The van der Waals surface area contributed by atoms with Crippen LogP contribution in [-0.2, 0) is 6.42 Å². The quantitative estimate of drug-likeness (QED) is 0.876. The average molecular weight is 253 g/mol. The summed E-state index contributed by atoms with van der Waals surface area (Å²) in [5.41, 5.74) is 3.14. The lowest BCUT2D eigenvalue weighted by atomic mass is 10.0. The minimum atomic E-state index is -0.467. The highest BCUT2D eigenvalue weighted by molar-refractivity contribution is 7.08. The smallest absolute Gasteiger partial charge is 0.0841 e. The minimum Gasteiger partial charge on any atom is -0.388 e. The van der Waals surface area contributed by atoms with Crippen LogP contribution in [0.15, 0.2) is 35.0 Å². The van der Waals surface area contributed by atoms with Crippen molar-refractivity contribution in [2.75, 3.05) is 0 Å². The van der Waals surface area contributed by atoms with Gasteiger partial charge in [0.2, 0.25) is 0 Å². The van der Waals surface area contributed by atoms with Crippen LogP contribution in [0.5, 0.6) is 0 Å². The summed E-state index contributed by atoms with van der Waals surface area (Å²) >= 11 is 7.68. The monoisotopic (exact) mass is 252 g/mol. The first-order chi connectivity index (χ1) is 7.68. The number of aryl methyl sites for hydroxylation is 1. The number of hydrogen-bond donors (Lipinski definition) is 1. The van der Waals surface area contributed by atoms with Crippen LogP contribution >= 0.6 is 22.9 Å². The molecule has 1 N–H and O–H groups in total. The molecule has 84 valence electrons. The second-order valence-corrected chi connectivity index (χ2v) is 4.97. The molecule has 0 amide bonds. The van der Waals surface area contributed by atoms with Crippen molar-refractivity contribution in [3.63, 3.8) is 0 Å². The van der Waals surface area contributed by atoms with Gasteiger partial charge >= 0.3 is 0 Å². The van der Waals surface area contributed by atoms with E-state index in [0.717, 1.165) is 21.7 Å². The molecule has 0 radical (unpaired) electrons. The fourth-order valence-corrected chi connectivity index (χ4v) is 2.80. The molecule has 0 saturated heterocycles. The first-order valence-electron chi connectivity index (χ1n) is 5.12. The van der Waals surface area contributed by atoms with E-state index in [9.17, 15) is 5.11 Å². The highest BCUT2D eigenvalue weighted by Gasteiger charge is 2.13. The molecule has 0 aliphatic rings. The molecular formula is C13H13ClOS. The van der Waals surface area contributed by atoms with Crippen molar-refractivity contribution in [2.24, 2.45) is 0 Å². The van der Waals surface area contributed by atoms with Crippen molar-refractivity contribution in [3.05, 3.63) is 56.7 Å². The maximum absolute atomic E-state index is 10.1. The standard InChI is InChI=1S/C13H13ClOS/c1-9-7-16-8-11(9)13(15)6-10-4-2-3-5-12(10)14/h2-5,7-8,13,15H,6H2,1H3. The normalized spacial score (nSPS) is 12.7. The summed E-state index contributed by atoms with van der Waals surface area (Å²) in [7, 11) is 0. The van der Waals surface area contributed by atoms with Crippen LogP contribution in [0.3, 0.4) is 0 Å². The number of rotatable bonds is 3. The molecule has 1 aromatic carbocycles. The summed E-state index contributed by atoms with van der Waals surface area (Å²) in [6.07, 6.45) is 0.100. The maximum Gasteiger partial charge on any atom is 0.0841 e. The van der Waals surface area contributed by atoms with E-state index >= 15 is 0 Å². The summed E-state index contributed by atoms with van der Waals surface area (Å²) < 4.78 is 0. The summed E-state index contributed by atoms with van der Waals surface area (Å²) in [4.78, 5) is 0. The molecule has 0 fully saturated rings. The van der Waals surface area contributed by atoms with Gasteiger partial charge in [-0.25, -0.2) is 0 Å². The van der Waals surface area contributed by atoms with Crippen LogP contribution in [0.4, 0.5) is 0 Å². The highest BCUT2D eigenvalue weighted by atomic mass is 35.5. The number of thiophene rings is 1. The summed E-state index contributed by atoms with van der Waals surface area (Å²) in [6, 6.07) is 7.64. The van der Waals surface area contributed by atoms with Crippen molar-refractivity contribution < 1.29 is 5.11 Å². The zero-order chi connectivity index (χ0) is 11.5. The summed E-state index contributed by atoms with van der Waals surface area (Å²) in [6.45, 7) is 2.02. The van der Waals surface area contributed by atoms with Crippen molar-refractivity contribution >= 4 is 22.9 Å². The Hall–Kier alpha value is -0.830. The van der Waals surface area contributed by atoms with Gasteiger partial charge in [-0.2, -0.15) is 11.3 Å². The first kappa shape index (κ1) is 11.6. The number of aliphatic hydroxyl groups excluding tert-OH is 1. The van der Waals surface area contributed by atoms with E-state index in [1.165, 1.54) is 0 Å². The van der Waals surface area contributed by atoms with Gasteiger partial charge in [-0.3, -0.25) is 0 Å². The molecule has 1 atom stereocenters. The van der Waals surface area contributed by atoms with E-state index in [-0.39, 0.29) is 0 Å². The third-order valence-corrected chi connectivity index (χ3v) is 3.87. The topological polar surface area (TPSA) is 20.2 Å². The molecule has 2 aromatic rings. The van der Waals surface area contributed by atoms with Crippen LogP contribution in [0.2, 0.25) is 5.02 Å². The Labute approximate surface area is 104 Å². The van der Waals surface area contributed by atoms with E-state index < -0.39 is 6.10 Å². The van der Waals surface area contributed by atoms with Crippen molar-refractivity contribution in [3.8, 4) is 0 Å². The second kappa shape index (κ2) is 5.00. The number of halogens is 1. The molecule has 1 heterocycles. The SMILES string of the molecule is Cc1cscc1C(O)Cc1ccccc1Cl. The first-order valence-corrected chi connectivity index (χ1v) is 6.44. The van der Waals surface area contributed by atoms with Crippen LogP contribution in [0, 0.1) is 6.92 Å². The molecule has 0 saturated carbocycles. The van der Waals surface area contributed by atoms with Gasteiger partial charge < -0.3 is 5.11 Å². The van der Waals surface area contributed by atoms with Crippen LogP contribution in [0.1, 0.15) is 22.8 Å². The predicted octanol–water partition coefficient (Wildman–Crippen LogP) is 3.99. The average Bonchev–Trinajstić information content (AvgIpc) is 2.68. The molecular weight excluding hydrogens is 240 g/mol. The van der Waals surface area contributed by atoms with Gasteiger partial charge in [0.05, 0.1) is 6.10 Å². The molecule has 16 heavy (non-hydrogen) atoms. The van der Waals surface area contributed by atoms with Crippen LogP contribution in [-0.4, -0.2) is 5.11 Å². The van der Waals surface area contributed by atoms with E-state index in [4.69, 9.17) is 11.6 Å². The van der Waals surface area contributed by atoms with Gasteiger partial charge in [-0.1, -0.05) is 29.8 Å². The van der Waals surface area contributed by atoms with Gasteiger partial charge in [0, 0.05) is 11.4 Å². The Balaban J connectivity index is 2.17. The molecule has 1 aromatic heterocycles. The molecule has 3 heteroatoms. The molecule has 0 spiro atoms. The summed E-state index contributed by atoms with van der Waals surface area (Å²) in [5, 5.41) is 14.9. The second-order valence-electron chi connectivity index (χ2n) is 3.82. The Morgan fingerprint density at radius 3 is 2.69 bits per heavy atom. The van der Waals surface area contributed by atoms with E-state index in [2.05, 4.69) is 0 Å². The van der Waals surface area contributed by atoms with Gasteiger partial charge in [0.25, 0.3) is 0 Å². The summed E-state index contributed by atoms with van der Waals surface area (Å²) in [5.74, 6) is 0. The van der Waals surface area contributed by atoms with Gasteiger partial charge in [0.1, 0.15) is 0 Å². The van der Waals surface area contributed by atoms with E-state index in [1.54, 1.807) is 11.3 Å². The molecule has 0 aliphatic heterocycles. The lowest BCUT2D eigenvalue weighted by Crippen LogP contribution is -2.02. The van der Waals surface area contributed by atoms with Crippen LogP contribution in [0.25, 0.3) is 0 Å². The lowest BCUT2D eigenvalue weighted by molar-refractivity contribution is 0.178. The minimum absolute atomic E-state index is 0.467. The Bertz CT molecular complexity index is 478. The van der Waals surface area contributed by atoms with E-state index in [1.807, 2.05) is 41.9 Å². The zero-order valence-electron chi connectivity index (χ0n) is 8.98. The van der Waals surface area contributed by atoms with Crippen molar-refractivity contribution in [1.82, 2.24) is 0 Å². The fourth-order valence-electron chi connectivity index (χ4n) is 1.69. The Kier molecular flexibility index (Phi) is 3.64. The molecule has 1 unspecified atom stereocenters. The largest absolute Gasteiger partial charge is 0.388 e. The van der Waals surface area contributed by atoms with Gasteiger partial charge in [-0.05, 0) is 40.4 Å².